The fraction of sp³-hybridized carbons (Fsp3) is 0.250. The molecule has 0 amide bonds. The number of hydrogen-bond acceptors (Lipinski definition) is 2. The predicted molar refractivity (Wildman–Crippen MR) is 80.0 cm³/mol. The summed E-state index contributed by atoms with van der Waals surface area (Å²) >= 11 is 2.53. The second kappa shape index (κ2) is 6.79. The maximum absolute atomic E-state index is 5.35. The first-order chi connectivity index (χ1) is 9.19. The molecule has 2 rings (SSSR count). The van der Waals surface area contributed by atoms with Crippen LogP contribution in [0.15, 0.2) is 48.5 Å². The van der Waals surface area contributed by atoms with Gasteiger partial charge in [-0.3, -0.25) is 0 Å². The van der Waals surface area contributed by atoms with Crippen molar-refractivity contribution in [2.45, 2.75) is 13.1 Å². The van der Waals surface area contributed by atoms with E-state index in [-0.39, 0.29) is 0 Å². The molecule has 2 radical (unpaired) electrons. The van der Waals surface area contributed by atoms with Gasteiger partial charge in [0, 0.05) is 0 Å². The van der Waals surface area contributed by atoms with Crippen LogP contribution in [0.4, 0.5) is 0 Å². The molecule has 0 aliphatic heterocycles. The van der Waals surface area contributed by atoms with Crippen LogP contribution in [0.1, 0.15) is 11.1 Å². The molecule has 0 bridgehead atoms. The Hall–Kier alpha value is -1.24. The van der Waals surface area contributed by atoms with Crippen molar-refractivity contribution in [1.29, 1.82) is 0 Å². The average molecular weight is 315 g/mol. The number of benzene rings is 2. The van der Waals surface area contributed by atoms with E-state index in [9.17, 15) is 0 Å². The maximum atomic E-state index is 5.35. The van der Waals surface area contributed by atoms with Crippen LogP contribution in [0.5, 0.6) is 5.75 Å². The van der Waals surface area contributed by atoms with Gasteiger partial charge < -0.3 is 0 Å². The third-order valence-corrected chi connectivity index (χ3v) is 3.77. The van der Waals surface area contributed by atoms with Gasteiger partial charge in [0.2, 0.25) is 0 Å². The molecular formula is C16H18AsNO. The van der Waals surface area contributed by atoms with Crippen LogP contribution in [-0.2, 0) is 13.1 Å². The summed E-state index contributed by atoms with van der Waals surface area (Å²) in [6.45, 7) is 1.87. The molecule has 2 nitrogen and oxygen atoms in total. The van der Waals surface area contributed by atoms with Crippen molar-refractivity contribution in [2.75, 3.05) is 14.2 Å². The number of hydrogen-bond donors (Lipinski definition) is 0. The summed E-state index contributed by atoms with van der Waals surface area (Å²) in [5.41, 5.74) is 2.60. The zero-order chi connectivity index (χ0) is 13.7. The Morgan fingerprint density at radius 3 is 2.37 bits per heavy atom. The van der Waals surface area contributed by atoms with Crippen molar-refractivity contribution < 1.29 is 4.74 Å². The molecule has 0 fully saturated rings. The molecule has 0 aliphatic carbocycles. The first-order valence-electron chi connectivity index (χ1n) is 6.27. The molecule has 0 atom stereocenters. The Morgan fingerprint density at radius 1 is 1.00 bits per heavy atom. The number of ether oxygens (including phenoxy) is 1. The van der Waals surface area contributed by atoms with E-state index >= 15 is 0 Å². The second-order valence-electron chi connectivity index (χ2n) is 4.66. The molecule has 0 N–H and O–H groups in total. The van der Waals surface area contributed by atoms with Crippen molar-refractivity contribution in [3.8, 4) is 5.75 Å². The molecule has 3 heteroatoms. The van der Waals surface area contributed by atoms with Crippen molar-refractivity contribution in [1.82, 2.24) is 4.90 Å². The van der Waals surface area contributed by atoms with Gasteiger partial charge in [0.05, 0.1) is 0 Å². The number of methoxy groups -OCH3 is 1. The first kappa shape index (κ1) is 14.2. The van der Waals surface area contributed by atoms with Crippen molar-refractivity contribution >= 4 is 21.2 Å². The SMILES string of the molecule is COc1cc(CN(C)Cc2ccccc2)ccc1[As]. The van der Waals surface area contributed by atoms with Crippen LogP contribution >= 0.6 is 0 Å². The zero-order valence-corrected chi connectivity index (χ0v) is 13.2. The van der Waals surface area contributed by atoms with Crippen molar-refractivity contribution in [3.63, 3.8) is 0 Å². The van der Waals surface area contributed by atoms with Crippen LogP contribution in [0.3, 0.4) is 0 Å². The van der Waals surface area contributed by atoms with Gasteiger partial charge in [-0.25, -0.2) is 0 Å². The Morgan fingerprint density at radius 2 is 1.68 bits per heavy atom. The molecule has 2 aromatic carbocycles. The normalized spacial score (nSPS) is 10.7. The standard InChI is InChI=1S/C16H18AsNO/c1-18(11-13-6-4-3-5-7-13)12-14-8-9-15(17)16(10-14)19-2/h3-10H,11-12H2,1-2H3. The van der Waals surface area contributed by atoms with Gasteiger partial charge in [-0.1, -0.05) is 0 Å². The fourth-order valence-electron chi connectivity index (χ4n) is 2.08. The quantitative estimate of drug-likeness (QED) is 0.784. The number of nitrogens with zero attached hydrogens (tertiary/aromatic N) is 1. The molecule has 0 unspecified atom stereocenters. The summed E-state index contributed by atoms with van der Waals surface area (Å²) in [6.07, 6.45) is 0. The number of rotatable bonds is 5. The van der Waals surface area contributed by atoms with Gasteiger partial charge >= 0.3 is 123 Å². The summed E-state index contributed by atoms with van der Waals surface area (Å²) in [4.78, 5) is 2.30. The molecule has 19 heavy (non-hydrogen) atoms. The third kappa shape index (κ3) is 4.12. The van der Waals surface area contributed by atoms with E-state index in [0.29, 0.717) is 0 Å². The van der Waals surface area contributed by atoms with Crippen LogP contribution in [0.2, 0.25) is 0 Å². The topological polar surface area (TPSA) is 12.5 Å². The average Bonchev–Trinajstić information content (AvgIpc) is 2.42. The minimum atomic E-state index is 0.915. The Labute approximate surface area is 123 Å². The zero-order valence-electron chi connectivity index (χ0n) is 11.3. The van der Waals surface area contributed by atoms with E-state index in [1.807, 2.05) is 6.07 Å². The summed E-state index contributed by atoms with van der Waals surface area (Å²) in [5, 5.41) is 0. The van der Waals surface area contributed by atoms with E-state index in [1.165, 1.54) is 11.1 Å². The molecule has 98 valence electrons. The van der Waals surface area contributed by atoms with E-state index < -0.39 is 0 Å². The molecule has 0 heterocycles. The van der Waals surface area contributed by atoms with Crippen LogP contribution in [0, 0.1) is 0 Å². The predicted octanol–water partition coefficient (Wildman–Crippen LogP) is 2.12. The molecule has 0 saturated carbocycles. The summed E-state index contributed by atoms with van der Waals surface area (Å²) in [5.74, 6) is 0.936. The first-order valence-corrected chi connectivity index (χ1v) is 7.21. The fourth-order valence-corrected chi connectivity index (χ4v) is 2.57. The monoisotopic (exact) mass is 315 g/mol. The van der Waals surface area contributed by atoms with Gasteiger partial charge in [-0.05, 0) is 0 Å². The molecule has 0 spiro atoms. The van der Waals surface area contributed by atoms with Gasteiger partial charge in [-0.2, -0.15) is 0 Å². The van der Waals surface area contributed by atoms with Crippen molar-refractivity contribution in [3.05, 3.63) is 59.7 Å². The second-order valence-corrected chi connectivity index (χ2v) is 5.67. The van der Waals surface area contributed by atoms with Crippen LogP contribution in [-0.4, -0.2) is 35.9 Å². The van der Waals surface area contributed by atoms with Gasteiger partial charge in [-0.15, -0.1) is 0 Å². The Balaban J connectivity index is 2.01. The minimum absolute atomic E-state index is 0.915. The Bertz CT molecular complexity index is 528. The van der Waals surface area contributed by atoms with E-state index in [1.54, 1.807) is 7.11 Å². The summed E-state index contributed by atoms with van der Waals surface area (Å²) < 4.78 is 6.47. The Kier molecular flexibility index (Phi) is 5.06. The molecular weight excluding hydrogens is 297 g/mol. The third-order valence-electron chi connectivity index (χ3n) is 2.99. The summed E-state index contributed by atoms with van der Waals surface area (Å²) in [7, 11) is 3.85. The van der Waals surface area contributed by atoms with Gasteiger partial charge in [0.1, 0.15) is 0 Å². The molecule has 2 aromatic rings. The van der Waals surface area contributed by atoms with E-state index in [4.69, 9.17) is 4.74 Å². The summed E-state index contributed by atoms with van der Waals surface area (Å²) in [6, 6.07) is 16.9. The van der Waals surface area contributed by atoms with Crippen LogP contribution < -0.4 is 9.09 Å². The van der Waals surface area contributed by atoms with Crippen molar-refractivity contribution in [2.24, 2.45) is 0 Å². The van der Waals surface area contributed by atoms with Gasteiger partial charge in [0.15, 0.2) is 0 Å². The van der Waals surface area contributed by atoms with Gasteiger partial charge in [0.25, 0.3) is 0 Å². The molecule has 0 saturated heterocycles. The van der Waals surface area contributed by atoms with Crippen LogP contribution in [0.25, 0.3) is 0 Å². The molecule has 0 aromatic heterocycles. The molecule has 0 aliphatic rings. The van der Waals surface area contributed by atoms with E-state index in [0.717, 1.165) is 23.2 Å². The van der Waals surface area contributed by atoms with E-state index in [2.05, 4.69) is 71.3 Å².